The van der Waals surface area contributed by atoms with Crippen molar-refractivity contribution in [1.29, 1.82) is 0 Å². The summed E-state index contributed by atoms with van der Waals surface area (Å²) in [5.41, 5.74) is 3.43. The van der Waals surface area contributed by atoms with Crippen molar-refractivity contribution in [2.24, 2.45) is 0 Å². The third kappa shape index (κ3) is 3.24. The van der Waals surface area contributed by atoms with Crippen LogP contribution in [0.25, 0.3) is 0 Å². The maximum absolute atomic E-state index is 6.10. The molecule has 2 rings (SSSR count). The predicted octanol–water partition coefficient (Wildman–Crippen LogP) is 5.02. The zero-order valence-corrected chi connectivity index (χ0v) is 11.8. The van der Waals surface area contributed by atoms with Gasteiger partial charge in [0.2, 0.25) is 0 Å². The van der Waals surface area contributed by atoms with Crippen LogP contribution in [0.3, 0.4) is 0 Å². The van der Waals surface area contributed by atoms with Gasteiger partial charge < -0.3 is 5.32 Å². The molecule has 0 aliphatic heterocycles. The van der Waals surface area contributed by atoms with Crippen LogP contribution >= 0.6 is 27.5 Å². The topological polar surface area (TPSA) is 12.0 Å². The number of rotatable bonds is 3. The molecule has 0 aliphatic rings. The summed E-state index contributed by atoms with van der Waals surface area (Å²) < 4.78 is 1.13. The van der Waals surface area contributed by atoms with Gasteiger partial charge in [-0.2, -0.15) is 0 Å². The first-order chi connectivity index (χ1) is 8.16. The maximum Gasteiger partial charge on any atom is 0.0455 e. The molecular weight excluding hydrogens is 298 g/mol. The lowest BCUT2D eigenvalue weighted by atomic mass is 10.2. The van der Waals surface area contributed by atoms with Crippen LogP contribution in [0.1, 0.15) is 11.1 Å². The summed E-state index contributed by atoms with van der Waals surface area (Å²) in [4.78, 5) is 0. The van der Waals surface area contributed by atoms with Crippen molar-refractivity contribution in [3.8, 4) is 0 Å². The largest absolute Gasteiger partial charge is 0.381 e. The molecule has 3 heteroatoms. The van der Waals surface area contributed by atoms with Gasteiger partial charge >= 0.3 is 0 Å². The van der Waals surface area contributed by atoms with Gasteiger partial charge in [-0.3, -0.25) is 0 Å². The standard InChI is InChI=1S/C14H13BrClN/c1-10-8-12(6-7-13(10)15)17-9-11-4-2-3-5-14(11)16/h2-8,17H,9H2,1H3. The maximum atomic E-state index is 6.10. The molecule has 88 valence electrons. The molecule has 0 bridgehead atoms. The van der Waals surface area contributed by atoms with E-state index in [1.165, 1.54) is 5.56 Å². The Bertz CT molecular complexity index is 525. The summed E-state index contributed by atoms with van der Waals surface area (Å²) in [5, 5.41) is 4.16. The van der Waals surface area contributed by atoms with Crippen molar-refractivity contribution in [3.05, 3.63) is 63.1 Å². The van der Waals surface area contributed by atoms with Crippen molar-refractivity contribution in [2.45, 2.75) is 13.5 Å². The molecule has 1 nitrogen and oxygen atoms in total. The molecule has 0 saturated heterocycles. The van der Waals surface area contributed by atoms with Crippen LogP contribution in [-0.2, 0) is 6.54 Å². The highest BCUT2D eigenvalue weighted by Crippen LogP contribution is 2.21. The lowest BCUT2D eigenvalue weighted by molar-refractivity contribution is 1.15. The third-order valence-corrected chi connectivity index (χ3v) is 3.86. The minimum Gasteiger partial charge on any atom is -0.381 e. The monoisotopic (exact) mass is 309 g/mol. The molecule has 17 heavy (non-hydrogen) atoms. The number of nitrogens with one attached hydrogen (secondary N) is 1. The van der Waals surface area contributed by atoms with Crippen LogP contribution in [0.15, 0.2) is 46.9 Å². The quantitative estimate of drug-likeness (QED) is 0.839. The van der Waals surface area contributed by atoms with Gasteiger partial charge in [0.25, 0.3) is 0 Å². The average Bonchev–Trinajstić information content (AvgIpc) is 2.32. The van der Waals surface area contributed by atoms with Crippen molar-refractivity contribution in [2.75, 3.05) is 5.32 Å². The second kappa shape index (κ2) is 5.56. The van der Waals surface area contributed by atoms with Crippen LogP contribution in [0.5, 0.6) is 0 Å². The highest BCUT2D eigenvalue weighted by molar-refractivity contribution is 9.10. The Hall–Kier alpha value is -0.990. The Balaban J connectivity index is 2.08. The molecule has 0 aromatic heterocycles. The fourth-order valence-electron chi connectivity index (χ4n) is 1.59. The molecule has 0 saturated carbocycles. The van der Waals surface area contributed by atoms with Gasteiger partial charge in [-0.25, -0.2) is 0 Å². The Morgan fingerprint density at radius 2 is 1.94 bits per heavy atom. The van der Waals surface area contributed by atoms with Crippen molar-refractivity contribution >= 4 is 33.2 Å². The van der Waals surface area contributed by atoms with Crippen LogP contribution in [0.2, 0.25) is 5.02 Å². The Morgan fingerprint density at radius 3 is 2.65 bits per heavy atom. The van der Waals surface area contributed by atoms with Crippen molar-refractivity contribution in [1.82, 2.24) is 0 Å². The van der Waals surface area contributed by atoms with E-state index in [1.807, 2.05) is 36.4 Å². The molecule has 0 unspecified atom stereocenters. The number of benzene rings is 2. The molecule has 1 N–H and O–H groups in total. The minimum atomic E-state index is 0.737. The van der Waals surface area contributed by atoms with E-state index in [2.05, 4.69) is 34.2 Å². The Labute approximate surface area is 115 Å². The highest BCUT2D eigenvalue weighted by atomic mass is 79.9. The predicted molar refractivity (Wildman–Crippen MR) is 77.7 cm³/mol. The molecule has 0 aliphatic carbocycles. The molecule has 0 amide bonds. The summed E-state index contributed by atoms with van der Waals surface area (Å²) in [5.74, 6) is 0. The van der Waals surface area contributed by atoms with Gasteiger partial charge in [0.1, 0.15) is 0 Å². The molecule has 2 aromatic carbocycles. The number of aryl methyl sites for hydroxylation is 1. The second-order valence-electron chi connectivity index (χ2n) is 3.91. The van der Waals surface area contributed by atoms with Crippen LogP contribution in [0, 0.1) is 6.92 Å². The molecule has 2 aromatic rings. The first-order valence-electron chi connectivity index (χ1n) is 5.40. The van der Waals surface area contributed by atoms with E-state index in [1.54, 1.807) is 0 Å². The van der Waals surface area contributed by atoms with Crippen molar-refractivity contribution in [3.63, 3.8) is 0 Å². The lowest BCUT2D eigenvalue weighted by Gasteiger charge is -2.09. The van der Waals surface area contributed by atoms with Crippen molar-refractivity contribution < 1.29 is 0 Å². The molecule has 0 atom stereocenters. The highest BCUT2D eigenvalue weighted by Gasteiger charge is 2.00. The fourth-order valence-corrected chi connectivity index (χ4v) is 2.04. The molecule has 0 fully saturated rings. The van der Waals surface area contributed by atoms with Gasteiger partial charge in [-0.1, -0.05) is 45.7 Å². The van der Waals surface area contributed by atoms with Gasteiger partial charge in [0.05, 0.1) is 0 Å². The second-order valence-corrected chi connectivity index (χ2v) is 5.17. The van der Waals surface area contributed by atoms with Gasteiger partial charge in [-0.15, -0.1) is 0 Å². The summed E-state index contributed by atoms with van der Waals surface area (Å²) in [7, 11) is 0. The number of anilines is 1. The fraction of sp³-hybridized carbons (Fsp3) is 0.143. The van der Waals surface area contributed by atoms with Crippen LogP contribution in [0.4, 0.5) is 5.69 Å². The van der Waals surface area contributed by atoms with E-state index in [0.717, 1.165) is 27.3 Å². The lowest BCUT2D eigenvalue weighted by Crippen LogP contribution is -2.00. The smallest absolute Gasteiger partial charge is 0.0455 e. The Morgan fingerprint density at radius 1 is 1.18 bits per heavy atom. The summed E-state index contributed by atoms with van der Waals surface area (Å²) in [6.07, 6.45) is 0. The van der Waals surface area contributed by atoms with E-state index in [0.29, 0.717) is 0 Å². The summed E-state index contributed by atoms with van der Waals surface area (Å²) >= 11 is 9.59. The first kappa shape index (κ1) is 12.5. The molecule has 0 radical (unpaired) electrons. The zero-order valence-electron chi connectivity index (χ0n) is 9.50. The number of hydrogen-bond donors (Lipinski definition) is 1. The van der Waals surface area contributed by atoms with Crippen LogP contribution < -0.4 is 5.32 Å². The minimum absolute atomic E-state index is 0.737. The Kier molecular flexibility index (Phi) is 4.08. The average molecular weight is 311 g/mol. The molecule has 0 spiro atoms. The zero-order chi connectivity index (χ0) is 12.3. The first-order valence-corrected chi connectivity index (χ1v) is 6.57. The normalized spacial score (nSPS) is 10.3. The SMILES string of the molecule is Cc1cc(NCc2ccccc2Cl)ccc1Br. The van der Waals surface area contributed by atoms with Gasteiger partial charge in [0, 0.05) is 21.7 Å². The van der Waals surface area contributed by atoms with Gasteiger partial charge in [-0.05, 0) is 42.3 Å². The number of halogens is 2. The van der Waals surface area contributed by atoms with E-state index in [9.17, 15) is 0 Å². The van der Waals surface area contributed by atoms with Gasteiger partial charge in [0.15, 0.2) is 0 Å². The summed E-state index contributed by atoms with van der Waals surface area (Å²) in [6.45, 7) is 2.81. The molecular formula is C14H13BrClN. The van der Waals surface area contributed by atoms with E-state index >= 15 is 0 Å². The number of hydrogen-bond acceptors (Lipinski definition) is 1. The third-order valence-electron chi connectivity index (χ3n) is 2.60. The summed E-state index contributed by atoms with van der Waals surface area (Å²) in [6, 6.07) is 14.1. The van der Waals surface area contributed by atoms with E-state index in [4.69, 9.17) is 11.6 Å². The van der Waals surface area contributed by atoms with Crippen LogP contribution in [-0.4, -0.2) is 0 Å². The van der Waals surface area contributed by atoms with E-state index in [-0.39, 0.29) is 0 Å². The van der Waals surface area contributed by atoms with E-state index < -0.39 is 0 Å². The molecule has 0 heterocycles.